The normalized spacial score (nSPS) is 20.3. The average Bonchev–Trinajstić information content (AvgIpc) is 3.01. The Morgan fingerprint density at radius 3 is 2.40 bits per heavy atom. The van der Waals surface area contributed by atoms with E-state index in [1.54, 1.807) is 0 Å². The molecule has 2 heterocycles. The van der Waals surface area contributed by atoms with Crippen LogP contribution in [-0.4, -0.2) is 49.3 Å². The Kier molecular flexibility index (Phi) is 4.63. The first-order valence-corrected chi connectivity index (χ1v) is 9.16. The highest BCUT2D eigenvalue weighted by atomic mass is 32.2. The predicted octanol–water partition coefficient (Wildman–Crippen LogP) is 2.12. The second kappa shape index (κ2) is 6.64. The molecule has 1 aromatic carbocycles. The zero-order chi connectivity index (χ0) is 13.8. The summed E-state index contributed by atoms with van der Waals surface area (Å²) >= 11 is 0. The van der Waals surface area contributed by atoms with E-state index in [1.807, 2.05) is 12.1 Å². The van der Waals surface area contributed by atoms with Crippen molar-refractivity contribution >= 4 is 22.4 Å². The molecule has 4 heteroatoms. The summed E-state index contributed by atoms with van der Waals surface area (Å²) < 4.78 is 5.36. The highest BCUT2D eigenvalue weighted by molar-refractivity contribution is 7.97. The van der Waals surface area contributed by atoms with Crippen molar-refractivity contribution in [2.45, 2.75) is 12.8 Å². The molecular weight excluding hydrogens is 270 g/mol. The molecule has 2 fully saturated rings. The summed E-state index contributed by atoms with van der Waals surface area (Å²) in [6.07, 6.45) is 2.62. The number of morpholine rings is 1. The van der Waals surface area contributed by atoms with Crippen LogP contribution in [0.1, 0.15) is 23.2 Å². The first-order valence-electron chi connectivity index (χ1n) is 7.43. The number of Topliss-reactive ketones (excluding diaryl/α,β-unsaturated/α-hetero) is 1. The van der Waals surface area contributed by atoms with Crippen molar-refractivity contribution in [3.05, 3.63) is 29.8 Å². The molecule has 0 saturated carbocycles. The third kappa shape index (κ3) is 3.36. The zero-order valence-electron chi connectivity index (χ0n) is 11.8. The maximum Gasteiger partial charge on any atom is 0.211 e. The van der Waals surface area contributed by atoms with Gasteiger partial charge in [0.2, 0.25) is 5.78 Å². The highest BCUT2D eigenvalue weighted by Crippen LogP contribution is 2.19. The molecule has 0 radical (unpaired) electrons. The van der Waals surface area contributed by atoms with Crippen LogP contribution >= 0.6 is 0 Å². The van der Waals surface area contributed by atoms with Crippen molar-refractivity contribution in [2.24, 2.45) is 0 Å². The van der Waals surface area contributed by atoms with Gasteiger partial charge in [-0.3, -0.25) is 4.79 Å². The quantitative estimate of drug-likeness (QED) is 0.629. The Morgan fingerprint density at radius 1 is 1.10 bits per heavy atom. The lowest BCUT2D eigenvalue weighted by atomic mass is 10.1. The maximum atomic E-state index is 12.3. The molecule has 3 nitrogen and oxygen atoms in total. The molecule has 1 aromatic rings. The number of ether oxygens (including phenoxy) is 1. The summed E-state index contributed by atoms with van der Waals surface area (Å²) in [4.78, 5) is 14.6. The van der Waals surface area contributed by atoms with Crippen LogP contribution in [0, 0.1) is 0 Å². The van der Waals surface area contributed by atoms with E-state index >= 15 is 0 Å². The van der Waals surface area contributed by atoms with E-state index in [-0.39, 0.29) is 0 Å². The van der Waals surface area contributed by atoms with Gasteiger partial charge in [0.05, 0.1) is 13.2 Å². The Labute approximate surface area is 123 Å². The van der Waals surface area contributed by atoms with Crippen molar-refractivity contribution in [3.63, 3.8) is 0 Å². The van der Waals surface area contributed by atoms with Crippen LogP contribution in [0.25, 0.3) is 0 Å². The van der Waals surface area contributed by atoms with Crippen LogP contribution in [0.5, 0.6) is 0 Å². The van der Waals surface area contributed by atoms with Crippen molar-refractivity contribution < 1.29 is 9.53 Å². The first kappa shape index (κ1) is 14.0. The Balaban J connectivity index is 1.61. The lowest BCUT2D eigenvalue weighted by Gasteiger charge is -2.28. The third-order valence-corrected chi connectivity index (χ3v) is 6.42. The minimum absolute atomic E-state index is 0.323. The summed E-state index contributed by atoms with van der Waals surface area (Å²) in [7, 11) is 0.356. The molecular formula is C16H22NO2S+. The predicted molar refractivity (Wildman–Crippen MR) is 85.0 cm³/mol. The number of nitrogens with zero attached hydrogens (tertiary/aromatic N) is 1. The van der Waals surface area contributed by atoms with Gasteiger partial charge in [0.15, 0.2) is 5.75 Å². The monoisotopic (exact) mass is 292 g/mol. The number of anilines is 1. The average molecular weight is 292 g/mol. The Morgan fingerprint density at radius 2 is 1.75 bits per heavy atom. The van der Waals surface area contributed by atoms with Crippen LogP contribution in [-0.2, 0) is 15.6 Å². The number of carbonyl (C=O) groups excluding carboxylic acids is 1. The number of carbonyl (C=O) groups is 1. The van der Waals surface area contributed by atoms with Crippen molar-refractivity contribution in [3.8, 4) is 0 Å². The lowest BCUT2D eigenvalue weighted by molar-refractivity contribution is 0.102. The second-order valence-corrected chi connectivity index (χ2v) is 7.77. The van der Waals surface area contributed by atoms with E-state index < -0.39 is 0 Å². The maximum absolute atomic E-state index is 12.3. The molecule has 2 aliphatic rings. The molecule has 0 amide bonds. The molecule has 108 valence electrons. The summed E-state index contributed by atoms with van der Waals surface area (Å²) in [6.45, 7) is 3.47. The van der Waals surface area contributed by atoms with Gasteiger partial charge in [-0.1, -0.05) is 0 Å². The highest BCUT2D eigenvalue weighted by Gasteiger charge is 2.27. The van der Waals surface area contributed by atoms with Crippen molar-refractivity contribution in [1.82, 2.24) is 0 Å². The molecule has 20 heavy (non-hydrogen) atoms. The van der Waals surface area contributed by atoms with E-state index in [0.29, 0.717) is 16.7 Å². The fourth-order valence-electron chi connectivity index (χ4n) is 2.81. The van der Waals surface area contributed by atoms with E-state index in [1.165, 1.54) is 30.0 Å². The van der Waals surface area contributed by atoms with Gasteiger partial charge < -0.3 is 9.64 Å². The summed E-state index contributed by atoms with van der Waals surface area (Å²) in [6, 6.07) is 8.14. The van der Waals surface area contributed by atoms with E-state index in [4.69, 9.17) is 4.74 Å². The van der Waals surface area contributed by atoms with Gasteiger partial charge in [-0.25, -0.2) is 0 Å². The molecule has 0 N–H and O–H groups in total. The van der Waals surface area contributed by atoms with Gasteiger partial charge >= 0.3 is 0 Å². The van der Waals surface area contributed by atoms with Crippen molar-refractivity contribution in [1.29, 1.82) is 0 Å². The van der Waals surface area contributed by atoms with E-state index in [2.05, 4.69) is 17.0 Å². The minimum Gasteiger partial charge on any atom is -0.378 e. The molecule has 0 aromatic heterocycles. The fraction of sp³-hybridized carbons (Fsp3) is 0.562. The SMILES string of the molecule is O=C(C[S+]1CCCC1)c1ccc(N2CCOCC2)cc1. The first-order chi connectivity index (χ1) is 9.83. The Hall–Kier alpha value is -1.00. The fourth-order valence-corrected chi connectivity index (χ4v) is 5.06. The molecule has 0 aliphatic carbocycles. The molecule has 3 rings (SSSR count). The molecule has 2 saturated heterocycles. The van der Waals surface area contributed by atoms with Crippen LogP contribution in [0.15, 0.2) is 24.3 Å². The molecule has 2 aliphatic heterocycles. The van der Waals surface area contributed by atoms with E-state index in [0.717, 1.165) is 37.6 Å². The molecule has 0 spiro atoms. The number of hydrogen-bond acceptors (Lipinski definition) is 3. The van der Waals surface area contributed by atoms with Crippen molar-refractivity contribution in [2.75, 3.05) is 48.5 Å². The summed E-state index contributed by atoms with van der Waals surface area (Å²) in [5.74, 6) is 3.61. The molecule has 0 unspecified atom stereocenters. The van der Waals surface area contributed by atoms with Crippen LogP contribution in [0.2, 0.25) is 0 Å². The van der Waals surface area contributed by atoms with Gasteiger partial charge in [0.1, 0.15) is 11.5 Å². The van der Waals surface area contributed by atoms with Gasteiger partial charge in [-0.2, -0.15) is 0 Å². The Bertz CT molecular complexity index is 448. The second-order valence-electron chi connectivity index (χ2n) is 5.44. The summed E-state index contributed by atoms with van der Waals surface area (Å²) in [5.41, 5.74) is 2.08. The smallest absolute Gasteiger partial charge is 0.211 e. The van der Waals surface area contributed by atoms with Crippen LogP contribution in [0.3, 0.4) is 0 Å². The number of rotatable bonds is 4. The summed E-state index contributed by atoms with van der Waals surface area (Å²) in [5, 5.41) is 0. The van der Waals surface area contributed by atoms with E-state index in [9.17, 15) is 4.79 Å². The van der Waals surface area contributed by atoms with Crippen LogP contribution < -0.4 is 4.90 Å². The van der Waals surface area contributed by atoms with Gasteiger partial charge in [0, 0.05) is 24.3 Å². The number of hydrogen-bond donors (Lipinski definition) is 0. The molecule has 0 atom stereocenters. The molecule has 0 bridgehead atoms. The van der Waals surface area contributed by atoms with Gasteiger partial charge in [-0.15, -0.1) is 0 Å². The number of ketones is 1. The lowest BCUT2D eigenvalue weighted by Crippen LogP contribution is -2.36. The topological polar surface area (TPSA) is 29.5 Å². The van der Waals surface area contributed by atoms with Crippen LogP contribution in [0.4, 0.5) is 5.69 Å². The zero-order valence-corrected chi connectivity index (χ0v) is 12.7. The number of benzene rings is 1. The largest absolute Gasteiger partial charge is 0.378 e. The minimum atomic E-state index is 0.323. The third-order valence-electron chi connectivity index (χ3n) is 4.02. The van der Waals surface area contributed by atoms with Gasteiger partial charge in [0.25, 0.3) is 0 Å². The van der Waals surface area contributed by atoms with Gasteiger partial charge in [-0.05, 0) is 48.0 Å². The standard InChI is InChI=1S/C16H22NO2S/c18-16(13-20-11-1-2-12-20)14-3-5-15(6-4-14)17-7-9-19-10-8-17/h3-6H,1-2,7-13H2/q+1.